The summed E-state index contributed by atoms with van der Waals surface area (Å²) >= 11 is 1.58. The lowest BCUT2D eigenvalue weighted by Crippen LogP contribution is -2.23. The van der Waals surface area contributed by atoms with Crippen LogP contribution in [0, 0.1) is 0 Å². The highest BCUT2D eigenvalue weighted by Gasteiger charge is 2.13. The third-order valence-electron chi connectivity index (χ3n) is 3.13. The molecule has 2 aromatic rings. The van der Waals surface area contributed by atoms with E-state index in [0.717, 1.165) is 16.2 Å². The molecule has 124 valence electrons. The van der Waals surface area contributed by atoms with Gasteiger partial charge < -0.3 is 4.74 Å². The Balaban J connectivity index is 2.00. The van der Waals surface area contributed by atoms with Crippen molar-refractivity contribution in [3.63, 3.8) is 0 Å². The number of thioether (sulfide) groups is 1. The average Bonchev–Trinajstić information content (AvgIpc) is 2.54. The predicted molar refractivity (Wildman–Crippen MR) is 94.5 cm³/mol. The van der Waals surface area contributed by atoms with Gasteiger partial charge in [0.1, 0.15) is 5.75 Å². The maximum absolute atomic E-state index is 12.3. The van der Waals surface area contributed by atoms with Crippen molar-refractivity contribution in [1.82, 2.24) is 4.72 Å². The van der Waals surface area contributed by atoms with Gasteiger partial charge >= 0.3 is 0 Å². The smallest absolute Gasteiger partial charge is 0.240 e. The van der Waals surface area contributed by atoms with E-state index in [1.54, 1.807) is 36.0 Å². The fourth-order valence-electron chi connectivity index (χ4n) is 1.97. The Morgan fingerprint density at radius 2 is 1.65 bits per heavy atom. The van der Waals surface area contributed by atoms with E-state index in [2.05, 4.69) is 4.72 Å². The van der Waals surface area contributed by atoms with Gasteiger partial charge in [0.15, 0.2) is 0 Å². The highest BCUT2D eigenvalue weighted by Crippen LogP contribution is 2.18. The molecule has 0 unspecified atom stereocenters. The molecule has 1 N–H and O–H groups in total. The Kier molecular flexibility index (Phi) is 6.10. The highest BCUT2D eigenvalue weighted by molar-refractivity contribution is 7.98. The van der Waals surface area contributed by atoms with E-state index in [9.17, 15) is 8.42 Å². The first-order chi connectivity index (χ1) is 10.9. The molecule has 0 amide bonds. The summed E-state index contributed by atoms with van der Waals surface area (Å²) in [6.45, 7) is 4.17. The monoisotopic (exact) mass is 351 g/mol. The molecule has 6 heteroatoms. The molecule has 0 spiro atoms. The van der Waals surface area contributed by atoms with Gasteiger partial charge in [0.2, 0.25) is 10.0 Å². The number of ether oxygens (including phenoxy) is 1. The molecule has 0 saturated heterocycles. The Morgan fingerprint density at radius 3 is 2.17 bits per heavy atom. The minimum atomic E-state index is -3.50. The van der Waals surface area contributed by atoms with Gasteiger partial charge in [0.25, 0.3) is 0 Å². The van der Waals surface area contributed by atoms with Crippen molar-refractivity contribution >= 4 is 21.8 Å². The van der Waals surface area contributed by atoms with Crippen LogP contribution < -0.4 is 9.46 Å². The van der Waals surface area contributed by atoms with Crippen molar-refractivity contribution in [3.05, 3.63) is 54.1 Å². The Hall–Kier alpha value is -1.50. The lowest BCUT2D eigenvalue weighted by molar-refractivity contribution is 0.242. The predicted octanol–water partition coefficient (Wildman–Crippen LogP) is 3.67. The minimum Gasteiger partial charge on any atom is -0.491 e. The van der Waals surface area contributed by atoms with Crippen LogP contribution in [-0.4, -0.2) is 20.8 Å². The van der Waals surface area contributed by atoms with E-state index in [1.165, 1.54) is 0 Å². The summed E-state index contributed by atoms with van der Waals surface area (Å²) < 4.78 is 32.7. The lowest BCUT2D eigenvalue weighted by Gasteiger charge is -2.11. The minimum absolute atomic E-state index is 0.114. The van der Waals surface area contributed by atoms with Gasteiger partial charge in [-0.15, -0.1) is 11.8 Å². The third-order valence-corrected chi connectivity index (χ3v) is 5.29. The number of rotatable bonds is 7. The van der Waals surface area contributed by atoms with Crippen molar-refractivity contribution in [2.24, 2.45) is 0 Å². The zero-order chi connectivity index (χ0) is 16.9. The molecule has 4 nitrogen and oxygen atoms in total. The molecule has 0 aliphatic carbocycles. The fraction of sp³-hybridized carbons (Fsp3) is 0.294. The van der Waals surface area contributed by atoms with Crippen molar-refractivity contribution in [2.75, 3.05) is 6.26 Å². The molecule has 0 bridgehead atoms. The average molecular weight is 351 g/mol. The van der Waals surface area contributed by atoms with Gasteiger partial charge in [-0.05, 0) is 62.1 Å². The molecule has 0 aliphatic heterocycles. The highest BCUT2D eigenvalue weighted by atomic mass is 32.2. The van der Waals surface area contributed by atoms with E-state index in [1.807, 2.05) is 44.4 Å². The van der Waals surface area contributed by atoms with Crippen LogP contribution in [0.25, 0.3) is 0 Å². The topological polar surface area (TPSA) is 55.4 Å². The zero-order valence-electron chi connectivity index (χ0n) is 13.4. The van der Waals surface area contributed by atoms with E-state index < -0.39 is 10.0 Å². The molecule has 0 aromatic heterocycles. The van der Waals surface area contributed by atoms with Crippen LogP contribution in [0.5, 0.6) is 5.75 Å². The van der Waals surface area contributed by atoms with Gasteiger partial charge in [-0.1, -0.05) is 12.1 Å². The van der Waals surface area contributed by atoms with E-state index in [0.29, 0.717) is 0 Å². The van der Waals surface area contributed by atoms with E-state index >= 15 is 0 Å². The summed E-state index contributed by atoms with van der Waals surface area (Å²) in [5.74, 6) is 0.777. The second-order valence-electron chi connectivity index (χ2n) is 5.31. The van der Waals surface area contributed by atoms with Crippen LogP contribution in [0.15, 0.2) is 58.3 Å². The quantitative estimate of drug-likeness (QED) is 0.773. The van der Waals surface area contributed by atoms with Gasteiger partial charge in [0, 0.05) is 11.4 Å². The number of nitrogens with one attached hydrogen (secondary N) is 1. The van der Waals surface area contributed by atoms with Crippen LogP contribution >= 0.6 is 11.8 Å². The summed E-state index contributed by atoms with van der Waals surface area (Å²) in [5, 5.41) is 0. The van der Waals surface area contributed by atoms with Crippen molar-refractivity contribution in [2.45, 2.75) is 36.3 Å². The van der Waals surface area contributed by atoms with Crippen LogP contribution in [0.1, 0.15) is 19.4 Å². The maximum atomic E-state index is 12.3. The first kappa shape index (κ1) is 17.8. The summed E-state index contributed by atoms with van der Waals surface area (Å²) in [4.78, 5) is 1.31. The summed E-state index contributed by atoms with van der Waals surface area (Å²) in [6, 6.07) is 14.2. The van der Waals surface area contributed by atoms with Crippen LogP contribution in [0.3, 0.4) is 0 Å². The molecule has 0 fully saturated rings. The first-order valence-electron chi connectivity index (χ1n) is 7.30. The Bertz CT molecular complexity index is 723. The fourth-order valence-corrected chi connectivity index (χ4v) is 3.40. The van der Waals surface area contributed by atoms with Gasteiger partial charge in [-0.2, -0.15) is 0 Å². The molecule has 0 heterocycles. The summed E-state index contributed by atoms with van der Waals surface area (Å²) in [6.07, 6.45) is 2.07. The molecule has 0 radical (unpaired) electrons. The number of hydrogen-bond donors (Lipinski definition) is 1. The maximum Gasteiger partial charge on any atom is 0.240 e. The SMILES string of the molecule is CSc1ccc(S(=O)(=O)NCc2ccc(OC(C)C)cc2)cc1. The van der Waals surface area contributed by atoms with Crippen LogP contribution in [-0.2, 0) is 16.6 Å². The Morgan fingerprint density at radius 1 is 1.04 bits per heavy atom. The standard InChI is InChI=1S/C17H21NO3S2/c1-13(2)21-15-6-4-14(5-7-15)12-18-23(19,20)17-10-8-16(22-3)9-11-17/h4-11,13,18H,12H2,1-3H3. The van der Waals surface area contributed by atoms with Gasteiger partial charge in [-0.25, -0.2) is 13.1 Å². The van der Waals surface area contributed by atoms with Gasteiger partial charge in [0.05, 0.1) is 11.0 Å². The number of sulfonamides is 1. The largest absolute Gasteiger partial charge is 0.491 e. The molecule has 2 rings (SSSR count). The van der Waals surface area contributed by atoms with Crippen molar-refractivity contribution < 1.29 is 13.2 Å². The third kappa shape index (κ3) is 5.27. The summed E-state index contributed by atoms with van der Waals surface area (Å²) in [7, 11) is -3.50. The van der Waals surface area contributed by atoms with Crippen molar-refractivity contribution in [3.8, 4) is 5.75 Å². The second kappa shape index (κ2) is 7.86. The second-order valence-corrected chi connectivity index (χ2v) is 7.96. The normalized spacial score (nSPS) is 11.7. The van der Waals surface area contributed by atoms with Gasteiger partial charge in [-0.3, -0.25) is 0 Å². The first-order valence-corrected chi connectivity index (χ1v) is 10.0. The molecule has 0 aliphatic rings. The molecule has 0 atom stereocenters. The Labute approximate surface area is 142 Å². The number of benzene rings is 2. The van der Waals surface area contributed by atoms with E-state index in [-0.39, 0.29) is 17.5 Å². The van der Waals surface area contributed by atoms with Crippen LogP contribution in [0.4, 0.5) is 0 Å². The molecule has 2 aromatic carbocycles. The van der Waals surface area contributed by atoms with Crippen molar-refractivity contribution in [1.29, 1.82) is 0 Å². The number of hydrogen-bond acceptors (Lipinski definition) is 4. The van der Waals surface area contributed by atoms with Crippen LogP contribution in [0.2, 0.25) is 0 Å². The molecular formula is C17H21NO3S2. The lowest BCUT2D eigenvalue weighted by atomic mass is 10.2. The van der Waals surface area contributed by atoms with E-state index in [4.69, 9.17) is 4.74 Å². The summed E-state index contributed by atoms with van der Waals surface area (Å²) in [5.41, 5.74) is 0.880. The zero-order valence-corrected chi connectivity index (χ0v) is 15.1. The molecule has 23 heavy (non-hydrogen) atoms. The molecular weight excluding hydrogens is 330 g/mol. The molecule has 0 saturated carbocycles.